The van der Waals surface area contributed by atoms with E-state index in [-0.39, 0.29) is 16.9 Å². The van der Waals surface area contributed by atoms with Crippen LogP contribution in [0, 0.1) is 11.3 Å². The molecule has 1 rings (SSSR count). The zero-order valence-corrected chi connectivity index (χ0v) is 21.2. The van der Waals surface area contributed by atoms with Crippen LogP contribution in [0.5, 0.6) is 5.75 Å². The van der Waals surface area contributed by atoms with Crippen LogP contribution >= 0.6 is 0 Å². The molecule has 8 heteroatoms. The highest BCUT2D eigenvalue weighted by Crippen LogP contribution is 2.43. The molecule has 0 spiro atoms. The highest BCUT2D eigenvalue weighted by molar-refractivity contribution is 5.28. The third-order valence-corrected chi connectivity index (χ3v) is 6.12. The standard InChI is InChI=1S/C26H40F6O2/c1-7-8-9-10-11-12-13-21(23(2,3)4)24(5,6)34-22(25(27,28)29)18-19-14-16-20(17-15-19)33-26(30,31)32/h14-17,21-22H,7-13,18H2,1-6H3. The van der Waals surface area contributed by atoms with Crippen LogP contribution < -0.4 is 4.74 Å². The second kappa shape index (κ2) is 12.5. The van der Waals surface area contributed by atoms with Crippen LogP contribution in [-0.2, 0) is 11.2 Å². The maximum Gasteiger partial charge on any atom is 0.573 e. The Labute approximate surface area is 200 Å². The van der Waals surface area contributed by atoms with Gasteiger partial charge in [-0.2, -0.15) is 13.2 Å². The van der Waals surface area contributed by atoms with Gasteiger partial charge in [0.1, 0.15) is 5.75 Å². The molecule has 0 fully saturated rings. The third kappa shape index (κ3) is 11.3. The van der Waals surface area contributed by atoms with E-state index in [1.165, 1.54) is 25.0 Å². The minimum atomic E-state index is -4.86. The summed E-state index contributed by atoms with van der Waals surface area (Å²) in [5, 5.41) is 0. The molecule has 0 saturated carbocycles. The van der Waals surface area contributed by atoms with Crippen molar-refractivity contribution in [3.63, 3.8) is 0 Å². The Morgan fingerprint density at radius 1 is 0.765 bits per heavy atom. The Morgan fingerprint density at radius 2 is 1.29 bits per heavy atom. The van der Waals surface area contributed by atoms with Crippen LogP contribution in [0.3, 0.4) is 0 Å². The first kappa shape index (κ1) is 30.6. The molecule has 2 atom stereocenters. The summed E-state index contributed by atoms with van der Waals surface area (Å²) in [7, 11) is 0. The van der Waals surface area contributed by atoms with Crippen LogP contribution in [0.2, 0.25) is 0 Å². The van der Waals surface area contributed by atoms with Crippen molar-refractivity contribution >= 4 is 0 Å². The van der Waals surface area contributed by atoms with Gasteiger partial charge in [0.2, 0.25) is 0 Å². The predicted molar refractivity (Wildman–Crippen MR) is 123 cm³/mol. The smallest absolute Gasteiger partial charge is 0.406 e. The SMILES string of the molecule is CCCCCCCCC(C(C)(C)C)C(C)(C)OC(Cc1ccc(OC(F)(F)F)cc1)C(F)(F)F. The third-order valence-electron chi connectivity index (χ3n) is 6.12. The fourth-order valence-electron chi connectivity index (χ4n) is 4.67. The topological polar surface area (TPSA) is 18.5 Å². The second-order valence-electron chi connectivity index (χ2n) is 10.6. The molecule has 0 radical (unpaired) electrons. The summed E-state index contributed by atoms with van der Waals surface area (Å²) < 4.78 is 88.4. The number of unbranched alkanes of at least 4 members (excludes halogenated alkanes) is 5. The number of halogens is 6. The summed E-state index contributed by atoms with van der Waals surface area (Å²) in [5.74, 6) is -0.591. The number of benzene rings is 1. The lowest BCUT2D eigenvalue weighted by Gasteiger charge is -2.45. The molecule has 0 aliphatic heterocycles. The van der Waals surface area contributed by atoms with Crippen LogP contribution in [0.25, 0.3) is 0 Å². The molecule has 0 aromatic heterocycles. The van der Waals surface area contributed by atoms with Gasteiger partial charge in [0, 0.05) is 6.42 Å². The Hall–Kier alpha value is -1.44. The van der Waals surface area contributed by atoms with Crippen LogP contribution in [-0.4, -0.2) is 24.2 Å². The summed E-state index contributed by atoms with van der Waals surface area (Å²) in [6, 6.07) is 4.43. The molecule has 0 amide bonds. The first-order valence-electron chi connectivity index (χ1n) is 12.0. The van der Waals surface area contributed by atoms with Gasteiger partial charge < -0.3 is 9.47 Å². The van der Waals surface area contributed by atoms with Crippen molar-refractivity contribution in [3.8, 4) is 5.75 Å². The summed E-state index contributed by atoms with van der Waals surface area (Å²) in [6.45, 7) is 11.6. The van der Waals surface area contributed by atoms with Gasteiger partial charge >= 0.3 is 12.5 Å². The van der Waals surface area contributed by atoms with E-state index in [9.17, 15) is 26.3 Å². The lowest BCUT2D eigenvalue weighted by atomic mass is 9.69. The maximum atomic E-state index is 13.9. The molecule has 0 bridgehead atoms. The van der Waals surface area contributed by atoms with Crippen LogP contribution in [0.1, 0.15) is 92.1 Å². The largest absolute Gasteiger partial charge is 0.573 e. The van der Waals surface area contributed by atoms with E-state index >= 15 is 0 Å². The first-order valence-corrected chi connectivity index (χ1v) is 12.0. The van der Waals surface area contributed by atoms with E-state index in [1.54, 1.807) is 13.8 Å². The fraction of sp³-hybridized carbons (Fsp3) is 0.769. The quantitative estimate of drug-likeness (QED) is 0.199. The lowest BCUT2D eigenvalue weighted by molar-refractivity contribution is -0.274. The van der Waals surface area contributed by atoms with Crippen molar-refractivity contribution in [3.05, 3.63) is 29.8 Å². The molecular formula is C26H40F6O2. The highest BCUT2D eigenvalue weighted by atomic mass is 19.4. The summed E-state index contributed by atoms with van der Waals surface area (Å²) >= 11 is 0. The van der Waals surface area contributed by atoms with Crippen molar-refractivity contribution in [2.75, 3.05) is 0 Å². The molecular weight excluding hydrogens is 458 g/mol. The van der Waals surface area contributed by atoms with Crippen molar-refractivity contribution in [2.24, 2.45) is 11.3 Å². The first-order chi connectivity index (χ1) is 15.5. The average Bonchev–Trinajstić information content (AvgIpc) is 2.65. The van der Waals surface area contributed by atoms with Gasteiger partial charge in [0.05, 0.1) is 5.60 Å². The van der Waals surface area contributed by atoms with Crippen molar-refractivity contribution in [2.45, 2.75) is 117 Å². The molecule has 0 aliphatic rings. The summed E-state index contributed by atoms with van der Waals surface area (Å²) in [4.78, 5) is 0. The number of hydrogen-bond donors (Lipinski definition) is 0. The van der Waals surface area contributed by atoms with E-state index in [2.05, 4.69) is 11.7 Å². The predicted octanol–water partition coefficient (Wildman–Crippen LogP) is 9.27. The van der Waals surface area contributed by atoms with Crippen LogP contribution in [0.4, 0.5) is 26.3 Å². The number of rotatable bonds is 13. The van der Waals surface area contributed by atoms with E-state index in [0.717, 1.165) is 44.2 Å². The molecule has 1 aromatic carbocycles. The fourth-order valence-corrected chi connectivity index (χ4v) is 4.67. The van der Waals surface area contributed by atoms with E-state index < -0.39 is 36.4 Å². The van der Waals surface area contributed by atoms with E-state index in [1.807, 2.05) is 20.8 Å². The number of alkyl halides is 6. The average molecular weight is 499 g/mol. The van der Waals surface area contributed by atoms with Gasteiger partial charge in [-0.25, -0.2) is 0 Å². The normalized spacial score (nSPS) is 15.3. The molecule has 0 saturated heterocycles. The minimum absolute atomic E-state index is 0.112. The molecule has 1 aromatic rings. The summed E-state index contributed by atoms with van der Waals surface area (Å²) in [6.07, 6.45) is -4.70. The molecule has 0 heterocycles. The van der Waals surface area contributed by atoms with Gasteiger partial charge in [-0.15, -0.1) is 13.2 Å². The summed E-state index contributed by atoms with van der Waals surface area (Å²) in [5.41, 5.74) is -1.10. The van der Waals surface area contributed by atoms with Gasteiger partial charge in [0.25, 0.3) is 0 Å². The van der Waals surface area contributed by atoms with Crippen LogP contribution in [0.15, 0.2) is 24.3 Å². The molecule has 198 valence electrons. The van der Waals surface area contributed by atoms with E-state index in [0.29, 0.717) is 0 Å². The Kier molecular flexibility index (Phi) is 11.2. The molecule has 2 nitrogen and oxygen atoms in total. The van der Waals surface area contributed by atoms with Crippen molar-refractivity contribution in [1.29, 1.82) is 0 Å². The molecule has 0 N–H and O–H groups in total. The van der Waals surface area contributed by atoms with Gasteiger partial charge in [-0.1, -0.05) is 78.4 Å². The lowest BCUT2D eigenvalue weighted by Crippen LogP contribution is -2.48. The van der Waals surface area contributed by atoms with Crippen molar-refractivity contribution in [1.82, 2.24) is 0 Å². The Bertz CT molecular complexity index is 702. The highest BCUT2D eigenvalue weighted by Gasteiger charge is 2.47. The Balaban J connectivity index is 2.94. The number of ether oxygens (including phenoxy) is 2. The Morgan fingerprint density at radius 3 is 1.76 bits per heavy atom. The van der Waals surface area contributed by atoms with Gasteiger partial charge in [-0.05, 0) is 49.3 Å². The molecule has 34 heavy (non-hydrogen) atoms. The molecule has 0 aliphatic carbocycles. The minimum Gasteiger partial charge on any atom is -0.406 e. The second-order valence-corrected chi connectivity index (χ2v) is 10.6. The monoisotopic (exact) mass is 498 g/mol. The van der Waals surface area contributed by atoms with E-state index in [4.69, 9.17) is 4.74 Å². The van der Waals surface area contributed by atoms with Gasteiger partial charge in [0.15, 0.2) is 6.10 Å². The van der Waals surface area contributed by atoms with Crippen molar-refractivity contribution < 1.29 is 35.8 Å². The van der Waals surface area contributed by atoms with Gasteiger partial charge in [-0.3, -0.25) is 0 Å². The zero-order valence-electron chi connectivity index (χ0n) is 21.2. The molecule has 2 unspecified atom stereocenters. The maximum absolute atomic E-state index is 13.9. The number of hydrogen-bond acceptors (Lipinski definition) is 2. The zero-order chi connectivity index (χ0) is 26.2.